The van der Waals surface area contributed by atoms with Gasteiger partial charge in [0.2, 0.25) is 0 Å². The van der Waals surface area contributed by atoms with E-state index >= 15 is 0 Å². The highest BCUT2D eigenvalue weighted by Gasteiger charge is 2.41. The van der Waals surface area contributed by atoms with Gasteiger partial charge < -0.3 is 5.32 Å². The molecule has 5 heteroatoms. The number of nitrogens with zero attached hydrogens (tertiary/aromatic N) is 4. The van der Waals surface area contributed by atoms with Crippen LogP contribution in [-0.4, -0.2) is 25.8 Å². The second-order valence-electron chi connectivity index (χ2n) is 6.50. The summed E-state index contributed by atoms with van der Waals surface area (Å²) in [5, 5.41) is 8.91. The van der Waals surface area contributed by atoms with Gasteiger partial charge in [-0.1, -0.05) is 6.42 Å². The van der Waals surface area contributed by atoms with Gasteiger partial charge in [0, 0.05) is 13.1 Å². The van der Waals surface area contributed by atoms with Crippen molar-refractivity contribution in [2.45, 2.75) is 38.6 Å². The molecule has 0 saturated heterocycles. The van der Waals surface area contributed by atoms with Gasteiger partial charge >= 0.3 is 0 Å². The molecular formula is C15H21N5. The normalized spacial score (nSPS) is 30.0. The van der Waals surface area contributed by atoms with Crippen LogP contribution in [0.2, 0.25) is 0 Å². The van der Waals surface area contributed by atoms with Gasteiger partial charge in [0.25, 0.3) is 0 Å². The molecule has 0 unspecified atom stereocenters. The van der Waals surface area contributed by atoms with Gasteiger partial charge in [0.1, 0.15) is 12.1 Å². The fourth-order valence-corrected chi connectivity index (χ4v) is 4.31. The molecule has 0 amide bonds. The van der Waals surface area contributed by atoms with Crippen molar-refractivity contribution in [2.75, 3.05) is 5.32 Å². The summed E-state index contributed by atoms with van der Waals surface area (Å²) < 4.78 is 1.80. The highest BCUT2D eigenvalue weighted by Crippen LogP contribution is 2.49. The highest BCUT2D eigenvalue weighted by atomic mass is 15.3. The molecule has 2 heterocycles. The molecule has 1 N–H and O–H groups in total. The van der Waals surface area contributed by atoms with Gasteiger partial charge in [-0.05, 0) is 43.9 Å². The van der Waals surface area contributed by atoms with Crippen molar-refractivity contribution in [3.8, 4) is 0 Å². The number of nitrogens with one attached hydrogen (secondary N) is 1. The second-order valence-corrected chi connectivity index (χ2v) is 6.50. The highest BCUT2D eigenvalue weighted by molar-refractivity contribution is 5.86. The summed E-state index contributed by atoms with van der Waals surface area (Å²) in [6.07, 6.45) is 9.19. The fraction of sp³-hybridized carbons (Fsp3) is 0.667. The summed E-state index contributed by atoms with van der Waals surface area (Å²) in [4.78, 5) is 8.71. The molecule has 2 fully saturated rings. The Kier molecular flexibility index (Phi) is 2.69. The molecule has 4 rings (SSSR count). The summed E-state index contributed by atoms with van der Waals surface area (Å²) in [5.74, 6) is 3.64. The zero-order chi connectivity index (χ0) is 13.7. The van der Waals surface area contributed by atoms with Crippen LogP contribution >= 0.6 is 0 Å². The molecule has 2 aliphatic rings. The topological polar surface area (TPSA) is 55.6 Å². The number of rotatable bonds is 3. The van der Waals surface area contributed by atoms with Gasteiger partial charge in [-0.15, -0.1) is 0 Å². The molecule has 0 aromatic carbocycles. The average Bonchev–Trinajstić information content (AvgIpc) is 3.15. The van der Waals surface area contributed by atoms with E-state index in [4.69, 9.17) is 0 Å². The molecule has 2 aromatic rings. The first-order valence-electron chi connectivity index (χ1n) is 7.61. The Morgan fingerprint density at radius 3 is 2.95 bits per heavy atom. The van der Waals surface area contributed by atoms with Crippen molar-refractivity contribution in [2.24, 2.45) is 24.8 Å². The minimum absolute atomic E-state index is 0.476. The van der Waals surface area contributed by atoms with Crippen LogP contribution in [-0.2, 0) is 7.05 Å². The molecule has 2 aromatic heterocycles. The van der Waals surface area contributed by atoms with Crippen molar-refractivity contribution in [1.82, 2.24) is 19.7 Å². The predicted octanol–water partition coefficient (Wildman–Crippen LogP) is 2.60. The van der Waals surface area contributed by atoms with Crippen LogP contribution in [0.25, 0.3) is 11.0 Å². The Balaban J connectivity index is 1.58. The first kappa shape index (κ1) is 12.1. The number of aryl methyl sites for hydroxylation is 1. The van der Waals surface area contributed by atoms with Crippen LogP contribution in [0.15, 0.2) is 12.5 Å². The Labute approximate surface area is 118 Å². The number of hydrogen-bond acceptors (Lipinski definition) is 4. The third-order valence-corrected chi connectivity index (χ3v) is 5.33. The van der Waals surface area contributed by atoms with E-state index < -0.39 is 0 Å². The molecule has 5 nitrogen and oxygen atoms in total. The molecule has 0 radical (unpaired) electrons. The lowest BCUT2D eigenvalue weighted by Crippen LogP contribution is -2.30. The zero-order valence-electron chi connectivity index (χ0n) is 12.1. The van der Waals surface area contributed by atoms with Gasteiger partial charge in [-0.2, -0.15) is 5.10 Å². The van der Waals surface area contributed by atoms with Gasteiger partial charge in [0.05, 0.1) is 11.6 Å². The van der Waals surface area contributed by atoms with Crippen molar-refractivity contribution in [3.05, 3.63) is 12.5 Å². The van der Waals surface area contributed by atoms with E-state index in [1.807, 2.05) is 13.2 Å². The van der Waals surface area contributed by atoms with E-state index in [-0.39, 0.29) is 0 Å². The lowest BCUT2D eigenvalue weighted by atomic mass is 9.84. The summed E-state index contributed by atoms with van der Waals surface area (Å²) in [6.45, 7) is 2.30. The lowest BCUT2D eigenvalue weighted by molar-refractivity contribution is 0.304. The number of hydrogen-bond donors (Lipinski definition) is 1. The monoisotopic (exact) mass is 271 g/mol. The Bertz CT molecular complexity index is 634. The summed E-state index contributed by atoms with van der Waals surface area (Å²) in [5.41, 5.74) is 0.891. The summed E-state index contributed by atoms with van der Waals surface area (Å²) in [7, 11) is 1.92. The number of aromatic nitrogens is 4. The Morgan fingerprint density at radius 2 is 2.20 bits per heavy atom. The second kappa shape index (κ2) is 4.43. The van der Waals surface area contributed by atoms with Crippen LogP contribution < -0.4 is 5.32 Å². The first-order valence-corrected chi connectivity index (χ1v) is 7.61. The molecule has 0 aliphatic heterocycles. The van der Waals surface area contributed by atoms with E-state index in [1.54, 1.807) is 11.0 Å². The predicted molar refractivity (Wildman–Crippen MR) is 78.3 cm³/mol. The minimum Gasteiger partial charge on any atom is -0.367 e. The van der Waals surface area contributed by atoms with E-state index in [1.165, 1.54) is 25.7 Å². The average molecular weight is 271 g/mol. The maximum absolute atomic E-state index is 4.42. The third kappa shape index (κ3) is 1.79. The van der Waals surface area contributed by atoms with E-state index in [9.17, 15) is 0 Å². The van der Waals surface area contributed by atoms with Crippen molar-refractivity contribution >= 4 is 16.9 Å². The van der Waals surface area contributed by atoms with Crippen molar-refractivity contribution < 1.29 is 0 Å². The van der Waals surface area contributed by atoms with Gasteiger partial charge in [-0.3, -0.25) is 4.68 Å². The van der Waals surface area contributed by atoms with Crippen molar-refractivity contribution in [1.29, 1.82) is 0 Å². The molecule has 2 saturated carbocycles. The van der Waals surface area contributed by atoms with E-state index in [0.29, 0.717) is 6.04 Å². The third-order valence-electron chi connectivity index (χ3n) is 5.33. The largest absolute Gasteiger partial charge is 0.367 e. The lowest BCUT2D eigenvalue weighted by Gasteiger charge is -2.29. The first-order chi connectivity index (χ1) is 9.72. The maximum Gasteiger partial charge on any atom is 0.163 e. The Hall–Kier alpha value is -1.65. The smallest absolute Gasteiger partial charge is 0.163 e. The van der Waals surface area contributed by atoms with Crippen LogP contribution in [0.3, 0.4) is 0 Å². The van der Waals surface area contributed by atoms with Crippen LogP contribution in [0.4, 0.5) is 5.82 Å². The van der Waals surface area contributed by atoms with E-state index in [2.05, 4.69) is 27.3 Å². The molecular weight excluding hydrogens is 250 g/mol. The molecule has 20 heavy (non-hydrogen) atoms. The molecule has 2 aliphatic carbocycles. The fourth-order valence-electron chi connectivity index (χ4n) is 4.31. The SMILES string of the molecule is C[C@H](Nc1ncnc2c1cnn2C)[C@H]1C[C@H]2CC[C@H]1C2. The molecule has 4 atom stereocenters. The summed E-state index contributed by atoms with van der Waals surface area (Å²) in [6, 6.07) is 0.476. The molecule has 2 bridgehead atoms. The van der Waals surface area contributed by atoms with Crippen LogP contribution in [0, 0.1) is 17.8 Å². The van der Waals surface area contributed by atoms with Crippen LogP contribution in [0.5, 0.6) is 0 Å². The molecule has 0 spiro atoms. The summed E-state index contributed by atoms with van der Waals surface area (Å²) >= 11 is 0. The standard InChI is InChI=1S/C15H21N5/c1-9(12-6-10-3-4-11(12)5-10)19-14-13-7-18-20(2)15(13)17-8-16-14/h7-12H,3-6H2,1-2H3,(H,16,17,19)/t9-,10-,11-,12+/m0/s1. The Morgan fingerprint density at radius 1 is 1.30 bits per heavy atom. The maximum atomic E-state index is 4.42. The van der Waals surface area contributed by atoms with Crippen LogP contribution in [0.1, 0.15) is 32.6 Å². The van der Waals surface area contributed by atoms with Crippen molar-refractivity contribution in [3.63, 3.8) is 0 Å². The van der Waals surface area contributed by atoms with Gasteiger partial charge in [-0.25, -0.2) is 9.97 Å². The van der Waals surface area contributed by atoms with E-state index in [0.717, 1.165) is 34.6 Å². The number of anilines is 1. The minimum atomic E-state index is 0.476. The number of fused-ring (bicyclic) bond motifs is 3. The van der Waals surface area contributed by atoms with Gasteiger partial charge in [0.15, 0.2) is 5.65 Å². The molecule has 106 valence electrons. The quantitative estimate of drug-likeness (QED) is 0.932. The zero-order valence-corrected chi connectivity index (χ0v) is 12.1.